The highest BCUT2D eigenvalue weighted by Gasteiger charge is 2.29. The van der Waals surface area contributed by atoms with Crippen molar-refractivity contribution >= 4 is 39.1 Å². The van der Waals surface area contributed by atoms with Crippen molar-refractivity contribution in [3.8, 4) is 0 Å². The molecule has 0 fully saturated rings. The van der Waals surface area contributed by atoms with Crippen molar-refractivity contribution in [1.82, 2.24) is 0 Å². The normalized spacial score (nSPS) is 14.2. The van der Waals surface area contributed by atoms with E-state index in [0.717, 1.165) is 4.47 Å². The number of nitrogens with two attached hydrogens (primary N) is 1. The molecular weight excluding hydrogens is 304 g/mol. The minimum Gasteiger partial charge on any atom is -0.329 e. The maximum Gasteiger partial charge on any atom is 0.231 e. The Balaban J connectivity index is 2.88. The summed E-state index contributed by atoms with van der Waals surface area (Å²) < 4.78 is 0.873. The van der Waals surface area contributed by atoms with E-state index in [2.05, 4.69) is 21.2 Å². The maximum absolute atomic E-state index is 12.1. The van der Waals surface area contributed by atoms with Crippen LogP contribution in [0.2, 0.25) is 5.02 Å². The third-order valence-electron chi connectivity index (χ3n) is 2.96. The van der Waals surface area contributed by atoms with E-state index in [0.29, 0.717) is 23.7 Å². The van der Waals surface area contributed by atoms with E-state index < -0.39 is 5.41 Å². The molecule has 0 bridgehead atoms. The molecule has 0 aliphatic rings. The molecule has 1 amide bonds. The number of benzene rings is 1. The van der Waals surface area contributed by atoms with Crippen LogP contribution in [0.25, 0.3) is 0 Å². The summed E-state index contributed by atoms with van der Waals surface area (Å²) in [6.07, 6.45) is 0.684. The number of nitrogens with one attached hydrogen (secondary N) is 1. The molecule has 5 heteroatoms. The van der Waals surface area contributed by atoms with Gasteiger partial charge in [-0.2, -0.15) is 0 Å². The van der Waals surface area contributed by atoms with Gasteiger partial charge >= 0.3 is 0 Å². The molecule has 0 saturated carbocycles. The zero-order valence-electron chi connectivity index (χ0n) is 9.89. The molecule has 0 spiro atoms. The Bertz CT molecular complexity index is 419. The van der Waals surface area contributed by atoms with E-state index in [1.165, 1.54) is 0 Å². The molecule has 0 aliphatic carbocycles. The van der Waals surface area contributed by atoms with Crippen LogP contribution in [0.1, 0.15) is 20.3 Å². The van der Waals surface area contributed by atoms with E-state index in [1.54, 1.807) is 12.1 Å². The molecule has 3 N–H and O–H groups in total. The molecule has 0 saturated heterocycles. The van der Waals surface area contributed by atoms with Crippen LogP contribution in [0, 0.1) is 5.41 Å². The topological polar surface area (TPSA) is 55.1 Å². The third-order valence-corrected chi connectivity index (χ3v) is 3.76. The first kappa shape index (κ1) is 14.5. The van der Waals surface area contributed by atoms with E-state index >= 15 is 0 Å². The lowest BCUT2D eigenvalue weighted by atomic mass is 9.86. The summed E-state index contributed by atoms with van der Waals surface area (Å²) in [6, 6.07) is 5.33. The SMILES string of the molecule is CCC(C)(CN)C(=O)Nc1ccc(Br)cc1Cl. The standard InChI is InChI=1S/C12H16BrClN2O/c1-3-12(2,7-15)11(17)16-10-5-4-8(13)6-9(10)14/h4-6H,3,7,15H2,1-2H3,(H,16,17). The Labute approximate surface area is 115 Å². The van der Waals surface area contributed by atoms with Crippen LogP contribution in [0.3, 0.4) is 0 Å². The van der Waals surface area contributed by atoms with Gasteiger partial charge in [-0.3, -0.25) is 4.79 Å². The maximum atomic E-state index is 12.1. The highest BCUT2D eigenvalue weighted by Crippen LogP contribution is 2.28. The predicted octanol–water partition coefficient (Wildman–Crippen LogP) is 3.42. The quantitative estimate of drug-likeness (QED) is 0.893. The second-order valence-electron chi connectivity index (χ2n) is 4.20. The van der Waals surface area contributed by atoms with Crippen LogP contribution < -0.4 is 11.1 Å². The summed E-state index contributed by atoms with van der Waals surface area (Å²) in [4.78, 5) is 12.1. The van der Waals surface area contributed by atoms with Gasteiger partial charge in [-0.05, 0) is 31.5 Å². The number of carbonyl (C=O) groups is 1. The lowest BCUT2D eigenvalue weighted by Gasteiger charge is -2.25. The van der Waals surface area contributed by atoms with Gasteiger partial charge in [0, 0.05) is 11.0 Å². The first-order valence-electron chi connectivity index (χ1n) is 5.39. The van der Waals surface area contributed by atoms with Crippen LogP contribution in [-0.4, -0.2) is 12.5 Å². The van der Waals surface area contributed by atoms with Crippen LogP contribution in [0.4, 0.5) is 5.69 Å². The van der Waals surface area contributed by atoms with E-state index in [1.807, 2.05) is 19.9 Å². The van der Waals surface area contributed by atoms with Gasteiger partial charge in [0.05, 0.1) is 16.1 Å². The van der Waals surface area contributed by atoms with Gasteiger partial charge in [0.15, 0.2) is 0 Å². The van der Waals surface area contributed by atoms with Crippen molar-refractivity contribution in [3.63, 3.8) is 0 Å². The summed E-state index contributed by atoms with van der Waals surface area (Å²) in [5.41, 5.74) is 5.68. The van der Waals surface area contributed by atoms with Crippen molar-refractivity contribution < 1.29 is 4.79 Å². The van der Waals surface area contributed by atoms with Gasteiger partial charge in [0.25, 0.3) is 0 Å². The zero-order valence-corrected chi connectivity index (χ0v) is 12.2. The summed E-state index contributed by atoms with van der Waals surface area (Å²) >= 11 is 9.35. The van der Waals surface area contributed by atoms with Gasteiger partial charge in [-0.25, -0.2) is 0 Å². The molecule has 1 aromatic carbocycles. The van der Waals surface area contributed by atoms with Gasteiger partial charge in [0.1, 0.15) is 0 Å². The first-order valence-corrected chi connectivity index (χ1v) is 6.56. The summed E-state index contributed by atoms with van der Waals surface area (Å²) in [6.45, 7) is 4.09. The predicted molar refractivity (Wildman–Crippen MR) is 75.2 cm³/mol. The average molecular weight is 320 g/mol. The van der Waals surface area contributed by atoms with Crippen LogP contribution >= 0.6 is 27.5 Å². The molecule has 0 aromatic heterocycles. The van der Waals surface area contributed by atoms with Gasteiger partial charge < -0.3 is 11.1 Å². The number of hydrogen-bond donors (Lipinski definition) is 2. The molecule has 1 unspecified atom stereocenters. The van der Waals surface area contributed by atoms with Crippen molar-refractivity contribution in [1.29, 1.82) is 0 Å². The second-order valence-corrected chi connectivity index (χ2v) is 5.52. The molecule has 17 heavy (non-hydrogen) atoms. The van der Waals surface area contributed by atoms with Gasteiger partial charge in [0.2, 0.25) is 5.91 Å². The Morgan fingerprint density at radius 2 is 2.24 bits per heavy atom. The van der Waals surface area contributed by atoms with E-state index in [4.69, 9.17) is 17.3 Å². The Kier molecular flexibility index (Phi) is 4.98. The summed E-state index contributed by atoms with van der Waals surface area (Å²) in [7, 11) is 0. The van der Waals surface area contributed by atoms with Crippen LogP contribution in [-0.2, 0) is 4.79 Å². The van der Waals surface area contributed by atoms with Crippen molar-refractivity contribution in [3.05, 3.63) is 27.7 Å². The Morgan fingerprint density at radius 1 is 1.59 bits per heavy atom. The zero-order chi connectivity index (χ0) is 13.1. The lowest BCUT2D eigenvalue weighted by molar-refractivity contribution is -0.124. The number of carbonyl (C=O) groups excluding carboxylic acids is 1. The second kappa shape index (κ2) is 5.85. The fraction of sp³-hybridized carbons (Fsp3) is 0.417. The Hall–Kier alpha value is -0.580. The molecule has 3 nitrogen and oxygen atoms in total. The number of halogens is 2. The molecule has 1 rings (SSSR count). The van der Waals surface area contributed by atoms with E-state index in [9.17, 15) is 4.79 Å². The van der Waals surface area contributed by atoms with Crippen LogP contribution in [0.5, 0.6) is 0 Å². The smallest absolute Gasteiger partial charge is 0.231 e. The molecule has 0 heterocycles. The minimum atomic E-state index is -0.559. The first-order chi connectivity index (χ1) is 7.92. The monoisotopic (exact) mass is 318 g/mol. The Morgan fingerprint density at radius 3 is 2.71 bits per heavy atom. The van der Waals surface area contributed by atoms with Crippen LogP contribution in [0.15, 0.2) is 22.7 Å². The molecule has 0 radical (unpaired) electrons. The van der Waals surface area contributed by atoms with Crippen molar-refractivity contribution in [2.45, 2.75) is 20.3 Å². The summed E-state index contributed by atoms with van der Waals surface area (Å²) in [5, 5.41) is 3.31. The molecular formula is C12H16BrClN2O. The molecule has 94 valence electrons. The highest BCUT2D eigenvalue weighted by atomic mass is 79.9. The number of rotatable bonds is 4. The molecule has 0 aliphatic heterocycles. The number of amides is 1. The van der Waals surface area contributed by atoms with Gasteiger partial charge in [-0.15, -0.1) is 0 Å². The highest BCUT2D eigenvalue weighted by molar-refractivity contribution is 9.10. The molecule has 1 atom stereocenters. The van der Waals surface area contributed by atoms with Gasteiger partial charge in [-0.1, -0.05) is 34.5 Å². The number of hydrogen-bond acceptors (Lipinski definition) is 2. The largest absolute Gasteiger partial charge is 0.329 e. The van der Waals surface area contributed by atoms with Crippen molar-refractivity contribution in [2.75, 3.05) is 11.9 Å². The third kappa shape index (κ3) is 3.44. The fourth-order valence-electron chi connectivity index (χ4n) is 1.26. The fourth-order valence-corrected chi connectivity index (χ4v) is 1.98. The minimum absolute atomic E-state index is 0.105. The van der Waals surface area contributed by atoms with E-state index in [-0.39, 0.29) is 5.91 Å². The average Bonchev–Trinajstić information content (AvgIpc) is 2.31. The lowest BCUT2D eigenvalue weighted by Crippen LogP contribution is -2.39. The van der Waals surface area contributed by atoms with Crippen molar-refractivity contribution in [2.24, 2.45) is 11.1 Å². The number of anilines is 1. The summed E-state index contributed by atoms with van der Waals surface area (Å²) in [5.74, 6) is -0.105. The molecule has 1 aromatic rings.